The molecular weight excluding hydrogens is 367 g/mol. The van der Waals surface area contributed by atoms with Crippen LogP contribution in [0.5, 0.6) is 5.75 Å². The summed E-state index contributed by atoms with van der Waals surface area (Å²) in [6.07, 6.45) is 1.53. The zero-order valence-corrected chi connectivity index (χ0v) is 15.6. The molecule has 144 valence electrons. The first-order chi connectivity index (χ1) is 14.1. The first-order valence-corrected chi connectivity index (χ1v) is 9.05. The molecule has 0 heterocycles. The van der Waals surface area contributed by atoms with Crippen molar-refractivity contribution in [3.05, 3.63) is 107 Å². The van der Waals surface area contributed by atoms with Crippen LogP contribution in [0.4, 0.5) is 4.39 Å². The van der Waals surface area contributed by atoms with Gasteiger partial charge in [-0.3, -0.25) is 4.79 Å². The molecule has 0 radical (unpaired) electrons. The fourth-order valence-corrected chi connectivity index (χ4v) is 2.60. The van der Waals surface area contributed by atoms with Crippen molar-refractivity contribution in [3.8, 4) is 11.8 Å². The smallest absolute Gasteiger partial charge is 0.262 e. The van der Waals surface area contributed by atoms with Gasteiger partial charge in [-0.2, -0.15) is 5.26 Å². The second-order valence-electron chi connectivity index (χ2n) is 6.32. The van der Waals surface area contributed by atoms with E-state index in [1.165, 1.54) is 18.2 Å². The summed E-state index contributed by atoms with van der Waals surface area (Å²) in [4.78, 5) is 12.2. The number of ether oxygens (including phenoxy) is 1. The van der Waals surface area contributed by atoms with Crippen LogP contribution < -0.4 is 10.1 Å². The predicted octanol–water partition coefficient (Wildman–Crippen LogP) is 4.63. The largest absolute Gasteiger partial charge is 0.489 e. The van der Waals surface area contributed by atoms with Crippen molar-refractivity contribution < 1.29 is 13.9 Å². The van der Waals surface area contributed by atoms with Gasteiger partial charge in [-0.1, -0.05) is 54.6 Å². The number of benzene rings is 3. The molecule has 0 aromatic heterocycles. The van der Waals surface area contributed by atoms with Crippen LogP contribution in [-0.4, -0.2) is 5.91 Å². The van der Waals surface area contributed by atoms with Crippen LogP contribution in [0.25, 0.3) is 6.08 Å². The third kappa shape index (κ3) is 6.05. The Labute approximate surface area is 168 Å². The SMILES string of the molecule is N#C/C(=C\c1ccc(OCc2ccc(F)cc2)cc1)C(=O)NCc1ccccc1. The monoisotopic (exact) mass is 386 g/mol. The zero-order valence-electron chi connectivity index (χ0n) is 15.6. The molecule has 0 aliphatic heterocycles. The highest BCUT2D eigenvalue weighted by Crippen LogP contribution is 2.16. The molecule has 3 aromatic rings. The van der Waals surface area contributed by atoms with Crippen LogP contribution >= 0.6 is 0 Å². The maximum Gasteiger partial charge on any atom is 0.262 e. The molecule has 29 heavy (non-hydrogen) atoms. The van der Waals surface area contributed by atoms with E-state index in [9.17, 15) is 14.4 Å². The van der Waals surface area contributed by atoms with E-state index in [-0.39, 0.29) is 11.4 Å². The second kappa shape index (κ2) is 9.86. The van der Waals surface area contributed by atoms with E-state index in [2.05, 4.69) is 5.32 Å². The van der Waals surface area contributed by atoms with Crippen molar-refractivity contribution in [3.63, 3.8) is 0 Å². The Balaban J connectivity index is 1.58. The number of amides is 1. The number of rotatable bonds is 7. The highest BCUT2D eigenvalue weighted by atomic mass is 19.1. The molecular formula is C24H19FN2O2. The van der Waals surface area contributed by atoms with Crippen molar-refractivity contribution >= 4 is 12.0 Å². The van der Waals surface area contributed by atoms with Gasteiger partial charge in [0.1, 0.15) is 29.8 Å². The summed E-state index contributed by atoms with van der Waals surface area (Å²) in [7, 11) is 0. The minimum absolute atomic E-state index is 0.0286. The van der Waals surface area contributed by atoms with Crippen LogP contribution in [0, 0.1) is 17.1 Å². The van der Waals surface area contributed by atoms with Gasteiger partial charge in [-0.05, 0) is 47.0 Å². The van der Waals surface area contributed by atoms with Gasteiger partial charge in [-0.25, -0.2) is 4.39 Å². The van der Waals surface area contributed by atoms with Crippen molar-refractivity contribution in [2.45, 2.75) is 13.2 Å². The Kier molecular flexibility index (Phi) is 6.75. The molecule has 0 aliphatic rings. The number of nitrogens with zero attached hydrogens (tertiary/aromatic N) is 1. The maximum absolute atomic E-state index is 12.9. The number of nitriles is 1. The summed E-state index contributed by atoms with van der Waals surface area (Å²) >= 11 is 0. The van der Waals surface area contributed by atoms with Gasteiger partial charge in [0, 0.05) is 6.54 Å². The average molecular weight is 386 g/mol. The van der Waals surface area contributed by atoms with Gasteiger partial charge < -0.3 is 10.1 Å². The molecule has 0 fully saturated rings. The van der Waals surface area contributed by atoms with Gasteiger partial charge in [0.25, 0.3) is 5.91 Å². The van der Waals surface area contributed by atoms with Crippen molar-refractivity contribution in [1.29, 1.82) is 5.26 Å². The predicted molar refractivity (Wildman–Crippen MR) is 109 cm³/mol. The number of carbonyl (C=O) groups excluding carboxylic acids is 1. The highest BCUT2D eigenvalue weighted by Gasteiger charge is 2.08. The van der Waals surface area contributed by atoms with Gasteiger partial charge >= 0.3 is 0 Å². The summed E-state index contributed by atoms with van der Waals surface area (Å²) < 4.78 is 18.6. The molecule has 3 rings (SSSR count). The number of carbonyl (C=O) groups is 1. The van der Waals surface area contributed by atoms with Gasteiger partial charge in [0.2, 0.25) is 0 Å². The minimum atomic E-state index is -0.423. The molecule has 0 unspecified atom stereocenters. The fraction of sp³-hybridized carbons (Fsp3) is 0.0833. The van der Waals surface area contributed by atoms with E-state index in [1.807, 2.05) is 36.4 Å². The first kappa shape index (κ1) is 19.8. The van der Waals surface area contributed by atoms with Crippen LogP contribution in [0.1, 0.15) is 16.7 Å². The molecule has 0 spiro atoms. The lowest BCUT2D eigenvalue weighted by Crippen LogP contribution is -2.23. The number of halogens is 1. The Morgan fingerprint density at radius 2 is 1.66 bits per heavy atom. The van der Waals surface area contributed by atoms with Gasteiger partial charge in [-0.15, -0.1) is 0 Å². The van der Waals surface area contributed by atoms with Crippen molar-refractivity contribution in [2.24, 2.45) is 0 Å². The molecule has 1 N–H and O–H groups in total. The van der Waals surface area contributed by atoms with Gasteiger partial charge in [0.15, 0.2) is 0 Å². The average Bonchev–Trinajstić information content (AvgIpc) is 2.77. The van der Waals surface area contributed by atoms with E-state index in [0.29, 0.717) is 24.5 Å². The Morgan fingerprint density at radius 3 is 2.31 bits per heavy atom. The zero-order chi connectivity index (χ0) is 20.5. The number of hydrogen-bond acceptors (Lipinski definition) is 3. The highest BCUT2D eigenvalue weighted by molar-refractivity contribution is 6.01. The fourth-order valence-electron chi connectivity index (χ4n) is 2.60. The summed E-state index contributed by atoms with van der Waals surface area (Å²) in [6.45, 7) is 0.676. The standard InChI is InChI=1S/C24H19FN2O2/c25-22-10-6-20(7-11-22)17-29-23-12-8-18(9-13-23)14-21(15-26)24(28)27-16-19-4-2-1-3-5-19/h1-14H,16-17H2,(H,27,28)/b21-14+. The Hall–Kier alpha value is -3.91. The lowest BCUT2D eigenvalue weighted by Gasteiger charge is -2.07. The van der Waals surface area contributed by atoms with Crippen LogP contribution in [-0.2, 0) is 17.9 Å². The molecule has 3 aromatic carbocycles. The molecule has 4 nitrogen and oxygen atoms in total. The summed E-state index contributed by atoms with van der Waals surface area (Å²) in [5.41, 5.74) is 2.56. The normalized spacial score (nSPS) is 10.8. The molecule has 1 amide bonds. The third-order valence-electron chi connectivity index (χ3n) is 4.17. The molecule has 0 aliphatic carbocycles. The quantitative estimate of drug-likeness (QED) is 0.476. The third-order valence-corrected chi connectivity index (χ3v) is 4.17. The van der Waals surface area contributed by atoms with E-state index in [1.54, 1.807) is 36.4 Å². The van der Waals surface area contributed by atoms with Crippen LogP contribution in [0.2, 0.25) is 0 Å². The van der Waals surface area contributed by atoms with E-state index < -0.39 is 5.91 Å². The Morgan fingerprint density at radius 1 is 0.966 bits per heavy atom. The van der Waals surface area contributed by atoms with E-state index >= 15 is 0 Å². The lowest BCUT2D eigenvalue weighted by molar-refractivity contribution is -0.117. The molecule has 5 heteroatoms. The molecule has 0 atom stereocenters. The molecule has 0 bridgehead atoms. The van der Waals surface area contributed by atoms with Crippen LogP contribution in [0.15, 0.2) is 84.4 Å². The topological polar surface area (TPSA) is 62.1 Å². The van der Waals surface area contributed by atoms with Crippen molar-refractivity contribution in [1.82, 2.24) is 5.32 Å². The van der Waals surface area contributed by atoms with Crippen molar-refractivity contribution in [2.75, 3.05) is 0 Å². The number of hydrogen-bond donors (Lipinski definition) is 1. The summed E-state index contributed by atoms with van der Waals surface area (Å²) in [5.74, 6) is -0.0718. The first-order valence-electron chi connectivity index (χ1n) is 9.05. The van der Waals surface area contributed by atoms with Gasteiger partial charge in [0.05, 0.1) is 0 Å². The van der Waals surface area contributed by atoms with Crippen LogP contribution in [0.3, 0.4) is 0 Å². The lowest BCUT2D eigenvalue weighted by atomic mass is 10.1. The minimum Gasteiger partial charge on any atom is -0.489 e. The molecule has 0 saturated carbocycles. The second-order valence-corrected chi connectivity index (χ2v) is 6.32. The van der Waals surface area contributed by atoms with E-state index in [4.69, 9.17) is 4.74 Å². The summed E-state index contributed by atoms with van der Waals surface area (Å²) in [6, 6.07) is 24.6. The number of nitrogens with one attached hydrogen (secondary N) is 1. The van der Waals surface area contributed by atoms with E-state index in [0.717, 1.165) is 11.1 Å². The Bertz CT molecular complexity index is 1020. The summed E-state index contributed by atoms with van der Waals surface area (Å²) in [5, 5.41) is 12.1. The maximum atomic E-state index is 12.9. The molecule has 0 saturated heterocycles.